The van der Waals surface area contributed by atoms with Crippen LogP contribution >= 0.6 is 0 Å². The van der Waals surface area contributed by atoms with Gasteiger partial charge in [0, 0.05) is 89.1 Å². The van der Waals surface area contributed by atoms with Crippen LogP contribution in [0.25, 0.3) is 157 Å². The van der Waals surface area contributed by atoms with Gasteiger partial charge in [0.15, 0.2) is 0 Å². The number of aromatic nitrogens is 9. The van der Waals surface area contributed by atoms with Crippen LogP contribution in [-0.2, 0) is 27.1 Å². The Balaban J connectivity index is 0.000000121. The minimum Gasteiger partial charge on any atom is -0.256 e. The van der Waals surface area contributed by atoms with Crippen molar-refractivity contribution in [3.8, 4) is 146 Å². The van der Waals surface area contributed by atoms with Crippen molar-refractivity contribution in [1.29, 1.82) is 0 Å². The molecule has 0 aliphatic heterocycles. The zero-order valence-electron chi connectivity index (χ0n) is 68.3. The van der Waals surface area contributed by atoms with Crippen LogP contribution in [-0.4, -0.2) is 44.9 Å². The molecule has 0 bridgehead atoms. The van der Waals surface area contributed by atoms with Crippen molar-refractivity contribution < 1.29 is 0 Å². The van der Waals surface area contributed by atoms with Gasteiger partial charge in [0.2, 0.25) is 0 Å². The highest BCUT2D eigenvalue weighted by Crippen LogP contribution is 2.55. The normalized spacial score (nSPS) is 13.5. The third-order valence-electron chi connectivity index (χ3n) is 23.4. The minimum atomic E-state index is -0.322. The lowest BCUT2D eigenvalue weighted by molar-refractivity contribution is 0.568. The van der Waals surface area contributed by atoms with E-state index in [1.54, 1.807) is 0 Å². The van der Waals surface area contributed by atoms with Gasteiger partial charge in [0.05, 0.1) is 91.1 Å². The Morgan fingerprint density at radius 1 is 0.231 bits per heavy atom. The first-order chi connectivity index (χ1) is 56.6. The summed E-state index contributed by atoms with van der Waals surface area (Å²) in [5.74, 6) is 0. The summed E-state index contributed by atoms with van der Waals surface area (Å²) in [4.78, 5) is 47.8. The summed E-state index contributed by atoms with van der Waals surface area (Å²) in [6, 6.07) is 114. The summed E-state index contributed by atoms with van der Waals surface area (Å²) in [6.07, 6.45) is 2.03. The molecule has 9 nitrogen and oxygen atoms in total. The molecule has 9 heteroatoms. The fourth-order valence-corrected chi connectivity index (χ4v) is 17.0. The van der Waals surface area contributed by atoms with E-state index in [1.807, 2.05) is 48.7 Å². The van der Waals surface area contributed by atoms with Crippen molar-refractivity contribution in [2.45, 2.75) is 110 Å². The zero-order chi connectivity index (χ0) is 80.5. The number of fused-ring (bicyclic) bond motifs is 10. The Kier molecular flexibility index (Phi) is 18.9. The van der Waals surface area contributed by atoms with Gasteiger partial charge >= 0.3 is 0 Å². The molecule has 20 rings (SSSR count). The van der Waals surface area contributed by atoms with Crippen molar-refractivity contribution in [2.24, 2.45) is 0 Å². The van der Waals surface area contributed by atoms with Gasteiger partial charge in [0.25, 0.3) is 0 Å². The third-order valence-corrected chi connectivity index (χ3v) is 23.4. The Labute approximate surface area is 686 Å². The molecule has 11 aromatic carbocycles. The second kappa shape index (κ2) is 29.6. The summed E-state index contributed by atoms with van der Waals surface area (Å²) >= 11 is 0. The Hall–Kier alpha value is -13.6. The number of hydrogen-bond acceptors (Lipinski definition) is 9. The average Bonchev–Trinajstić information content (AvgIpc) is 1.56. The van der Waals surface area contributed by atoms with Crippen molar-refractivity contribution in [3.63, 3.8) is 0 Å². The maximum Gasteiger partial charge on any atom is 0.112 e. The van der Waals surface area contributed by atoms with Crippen molar-refractivity contribution >= 4 is 10.8 Å². The molecule has 117 heavy (non-hydrogen) atoms. The van der Waals surface area contributed by atoms with Gasteiger partial charge in [-0.25, -0.2) is 34.9 Å². The van der Waals surface area contributed by atoms with Crippen molar-refractivity contribution in [1.82, 2.24) is 44.9 Å². The molecule has 0 saturated heterocycles. The minimum absolute atomic E-state index is 0.0848. The molecule has 0 spiro atoms. The predicted octanol–water partition coefficient (Wildman–Crippen LogP) is 27.0. The maximum absolute atomic E-state index is 5.41. The molecule has 17 aromatic rings. The molecule has 0 fully saturated rings. The van der Waals surface area contributed by atoms with Gasteiger partial charge in [-0.2, -0.15) is 0 Å². The standard InChI is InChI=1S/C38H33N3.C36H27N3.C34H31N3/c1-37(2,3)27-20-18-26(19-21-27)33-32(25-13-7-6-8-14-25)40-35-34-30(38(4,5)36(35)41-33)22-23-31(39-34)29-17-11-15-24-12-9-10-16-28(24)29;1-36(2)30-23-37-31(28-21-13-12-20-27(28)24-14-6-3-7-15-24)22-29(30)34-35(36)39-33(26-18-10-5-11-19-26)32(38-34)25-16-8-4-9-17-25;1-33(2,3)31-27-25(21-26(35-31)22-15-9-6-10-16-22)34(4,5)32-30(27)36-28(23-17-11-7-12-18-23)29(37-32)24-19-13-8-14-20-24/h6-23H,1-5H3;3-23H,1-2H3;6-21H,1-5H3. The summed E-state index contributed by atoms with van der Waals surface area (Å²) in [5, 5.41) is 2.41. The summed E-state index contributed by atoms with van der Waals surface area (Å²) < 4.78 is 0. The molecule has 0 saturated carbocycles. The van der Waals surface area contributed by atoms with Gasteiger partial charge in [-0.15, -0.1) is 0 Å². The Bertz CT molecular complexity index is 6610. The topological polar surface area (TPSA) is 116 Å². The van der Waals surface area contributed by atoms with E-state index in [4.69, 9.17) is 44.9 Å². The molecular weight excluding hydrogens is 1420 g/mol. The molecular formula is C108H91N9. The van der Waals surface area contributed by atoms with Crippen LogP contribution in [0, 0.1) is 0 Å². The van der Waals surface area contributed by atoms with Crippen LogP contribution < -0.4 is 0 Å². The number of nitrogens with zero attached hydrogens (tertiary/aromatic N) is 9. The monoisotopic (exact) mass is 1510 g/mol. The second-order valence-electron chi connectivity index (χ2n) is 34.4. The highest BCUT2D eigenvalue weighted by Gasteiger charge is 2.45. The van der Waals surface area contributed by atoms with Gasteiger partial charge in [0.1, 0.15) is 5.69 Å². The molecule has 0 N–H and O–H groups in total. The van der Waals surface area contributed by atoms with Gasteiger partial charge in [-0.1, -0.05) is 365 Å². The molecule has 0 amide bonds. The fourth-order valence-electron chi connectivity index (χ4n) is 17.0. The Morgan fingerprint density at radius 2 is 0.624 bits per heavy atom. The number of rotatable bonds is 10. The van der Waals surface area contributed by atoms with Crippen molar-refractivity contribution in [3.05, 3.63) is 379 Å². The number of hydrogen-bond donors (Lipinski definition) is 0. The van der Waals surface area contributed by atoms with Crippen molar-refractivity contribution in [2.75, 3.05) is 0 Å². The maximum atomic E-state index is 5.41. The molecule has 0 radical (unpaired) electrons. The molecule has 6 heterocycles. The smallest absolute Gasteiger partial charge is 0.112 e. The van der Waals surface area contributed by atoms with E-state index >= 15 is 0 Å². The van der Waals surface area contributed by atoms with Crippen LogP contribution in [0.3, 0.4) is 0 Å². The molecule has 0 unspecified atom stereocenters. The van der Waals surface area contributed by atoms with E-state index in [1.165, 1.54) is 33.0 Å². The van der Waals surface area contributed by atoms with Crippen LogP contribution in [0.15, 0.2) is 334 Å². The first-order valence-electron chi connectivity index (χ1n) is 40.5. The molecule has 3 aliphatic carbocycles. The fraction of sp³-hybridized carbons (Fsp3) is 0.157. The number of benzene rings is 11. The second-order valence-corrected chi connectivity index (χ2v) is 34.4. The van der Waals surface area contributed by atoms with Gasteiger partial charge in [-0.05, 0) is 95.5 Å². The quantitative estimate of drug-likeness (QED) is 0.132. The van der Waals surface area contributed by atoms with Crippen LogP contribution in [0.4, 0.5) is 0 Å². The summed E-state index contributed by atoms with van der Waals surface area (Å²) in [5.41, 5.74) is 34.2. The molecule has 568 valence electrons. The summed E-state index contributed by atoms with van der Waals surface area (Å²) in [7, 11) is 0. The van der Waals surface area contributed by atoms with E-state index in [9.17, 15) is 0 Å². The lowest BCUT2D eigenvalue weighted by Crippen LogP contribution is -2.20. The summed E-state index contributed by atoms with van der Waals surface area (Å²) in [6.45, 7) is 26.9. The van der Waals surface area contributed by atoms with Crippen LogP contribution in [0.5, 0.6) is 0 Å². The SMILES string of the molecule is CC(C)(C)c1ccc(-c2nc3c(nc2-c2ccccc2)-c2nc(-c4cccc5ccccc45)ccc2C3(C)C)cc1.CC(C)(C)c1nc(-c2ccccc2)cc2c1-c1nc(-c3ccccc3)c(-c3ccccc3)nc1C2(C)C.CC1(C)c2cnc(-c3ccccc3-c3ccccc3)cc2-c2nc(-c3ccccc3)c(-c3ccccc3)nc21. The third kappa shape index (κ3) is 13.7. The average molecular weight is 1510 g/mol. The molecule has 3 aliphatic rings. The first-order valence-corrected chi connectivity index (χ1v) is 40.5. The van der Waals surface area contributed by atoms with E-state index in [2.05, 4.69) is 368 Å². The zero-order valence-corrected chi connectivity index (χ0v) is 68.3. The Morgan fingerprint density at radius 3 is 1.14 bits per heavy atom. The molecule has 0 atom stereocenters. The largest absolute Gasteiger partial charge is 0.256 e. The van der Waals surface area contributed by atoms with E-state index in [-0.39, 0.29) is 27.1 Å². The molecule has 6 aromatic heterocycles. The van der Waals surface area contributed by atoms with Crippen LogP contribution in [0.2, 0.25) is 0 Å². The van der Waals surface area contributed by atoms with Gasteiger partial charge in [-0.3, -0.25) is 9.97 Å². The van der Waals surface area contributed by atoms with Crippen LogP contribution in [0.1, 0.15) is 128 Å². The predicted molar refractivity (Wildman–Crippen MR) is 481 cm³/mol. The van der Waals surface area contributed by atoms with E-state index in [0.29, 0.717) is 0 Å². The van der Waals surface area contributed by atoms with Gasteiger partial charge < -0.3 is 0 Å². The van der Waals surface area contributed by atoms with E-state index < -0.39 is 0 Å². The van der Waals surface area contributed by atoms with E-state index in [0.717, 1.165) is 169 Å². The number of pyridine rings is 3. The first kappa shape index (κ1) is 74.8. The lowest BCUT2D eigenvalue weighted by Gasteiger charge is -2.25. The highest BCUT2D eigenvalue weighted by molar-refractivity contribution is 5.97. The lowest BCUT2D eigenvalue weighted by atomic mass is 9.81. The highest BCUT2D eigenvalue weighted by atomic mass is 14.9.